The van der Waals surface area contributed by atoms with E-state index in [2.05, 4.69) is 10.5 Å². The van der Waals surface area contributed by atoms with Crippen molar-refractivity contribution in [1.29, 1.82) is 0 Å². The monoisotopic (exact) mass is 304 g/mol. The predicted molar refractivity (Wildman–Crippen MR) is 87.0 cm³/mol. The summed E-state index contributed by atoms with van der Waals surface area (Å²) in [5.41, 5.74) is 5.90. The minimum absolute atomic E-state index is 0.480. The molecule has 0 spiro atoms. The van der Waals surface area contributed by atoms with Crippen LogP contribution in [0.1, 0.15) is 11.1 Å². The lowest BCUT2D eigenvalue weighted by Gasteiger charge is -2.10. The number of ether oxygens (including phenoxy) is 2. The molecule has 0 bridgehead atoms. The topological polar surface area (TPSA) is 42.8 Å². The third-order valence-corrected chi connectivity index (χ3v) is 3.20. The van der Waals surface area contributed by atoms with Crippen LogP contribution in [0.3, 0.4) is 0 Å². The molecular weight excluding hydrogens is 288 g/mol. The average molecular weight is 305 g/mol. The third-order valence-electron chi connectivity index (χ3n) is 2.91. The number of anilines is 1. The molecule has 110 valence electrons. The van der Waals surface area contributed by atoms with Crippen LogP contribution < -0.4 is 14.9 Å². The fourth-order valence-electron chi connectivity index (χ4n) is 1.82. The molecule has 2 rings (SSSR count). The lowest BCUT2D eigenvalue weighted by molar-refractivity contribution is 0.355. The second-order valence-electron chi connectivity index (χ2n) is 4.47. The number of nitrogens with zero attached hydrogens (tertiary/aromatic N) is 1. The summed E-state index contributed by atoms with van der Waals surface area (Å²) in [7, 11) is 3.12. The molecule has 0 aromatic heterocycles. The molecule has 0 radical (unpaired) electrons. The van der Waals surface area contributed by atoms with Crippen molar-refractivity contribution in [3.63, 3.8) is 0 Å². The molecule has 0 atom stereocenters. The van der Waals surface area contributed by atoms with Crippen LogP contribution >= 0.6 is 11.6 Å². The maximum atomic E-state index is 6.14. The van der Waals surface area contributed by atoms with Crippen LogP contribution in [-0.4, -0.2) is 20.4 Å². The van der Waals surface area contributed by atoms with Gasteiger partial charge in [0.1, 0.15) is 0 Å². The molecule has 0 aliphatic rings. The molecule has 0 saturated carbocycles. The Hall–Kier alpha value is -2.20. The van der Waals surface area contributed by atoms with Gasteiger partial charge in [-0.15, -0.1) is 0 Å². The van der Waals surface area contributed by atoms with Crippen molar-refractivity contribution in [3.8, 4) is 11.5 Å². The van der Waals surface area contributed by atoms with E-state index in [1.807, 2.05) is 37.3 Å². The number of hydrogen-bond acceptors (Lipinski definition) is 4. The smallest absolute Gasteiger partial charge is 0.179 e. The largest absolute Gasteiger partial charge is 0.493 e. The van der Waals surface area contributed by atoms with Crippen molar-refractivity contribution in [2.45, 2.75) is 6.92 Å². The van der Waals surface area contributed by atoms with Crippen LogP contribution in [0.5, 0.6) is 11.5 Å². The van der Waals surface area contributed by atoms with Crippen LogP contribution in [0, 0.1) is 6.92 Å². The number of benzene rings is 2. The predicted octanol–water partition coefficient (Wildman–Crippen LogP) is 4.11. The fourth-order valence-corrected chi connectivity index (χ4v) is 2.12. The normalized spacial score (nSPS) is 10.7. The Kier molecular flexibility index (Phi) is 5.06. The zero-order valence-electron chi connectivity index (χ0n) is 12.2. The quantitative estimate of drug-likeness (QED) is 0.667. The molecule has 0 aliphatic heterocycles. The maximum Gasteiger partial charge on any atom is 0.179 e. The first kappa shape index (κ1) is 15.2. The van der Waals surface area contributed by atoms with Crippen LogP contribution in [0.2, 0.25) is 5.02 Å². The highest BCUT2D eigenvalue weighted by Gasteiger charge is 2.09. The Labute approximate surface area is 129 Å². The van der Waals surface area contributed by atoms with Crippen molar-refractivity contribution >= 4 is 23.5 Å². The van der Waals surface area contributed by atoms with E-state index >= 15 is 0 Å². The van der Waals surface area contributed by atoms with Crippen molar-refractivity contribution in [2.24, 2.45) is 5.10 Å². The van der Waals surface area contributed by atoms with Crippen LogP contribution in [-0.2, 0) is 0 Å². The number of halogens is 1. The zero-order valence-corrected chi connectivity index (χ0v) is 12.9. The van der Waals surface area contributed by atoms with E-state index < -0.39 is 0 Å². The summed E-state index contributed by atoms with van der Waals surface area (Å²) in [4.78, 5) is 0. The summed E-state index contributed by atoms with van der Waals surface area (Å²) in [5.74, 6) is 1.09. The van der Waals surface area contributed by atoms with E-state index in [4.69, 9.17) is 21.1 Å². The number of nitrogens with one attached hydrogen (secondary N) is 1. The Morgan fingerprint density at radius 3 is 2.43 bits per heavy atom. The molecule has 0 saturated heterocycles. The van der Waals surface area contributed by atoms with E-state index in [1.54, 1.807) is 26.5 Å². The molecule has 0 heterocycles. The maximum absolute atomic E-state index is 6.14. The van der Waals surface area contributed by atoms with Crippen molar-refractivity contribution in [1.82, 2.24) is 0 Å². The molecule has 2 aromatic carbocycles. The second-order valence-corrected chi connectivity index (χ2v) is 4.88. The number of methoxy groups -OCH3 is 2. The molecule has 2 aromatic rings. The van der Waals surface area contributed by atoms with Gasteiger partial charge in [-0.25, -0.2) is 0 Å². The molecule has 0 amide bonds. The fraction of sp³-hybridized carbons (Fsp3) is 0.188. The van der Waals surface area contributed by atoms with E-state index in [-0.39, 0.29) is 0 Å². The molecular formula is C16H17ClN2O2. The molecule has 0 aliphatic carbocycles. The van der Waals surface area contributed by atoms with Gasteiger partial charge in [0, 0.05) is 0 Å². The Bertz CT molecular complexity index is 639. The van der Waals surface area contributed by atoms with E-state index in [0.717, 1.165) is 11.3 Å². The minimum atomic E-state index is 0.480. The van der Waals surface area contributed by atoms with Crippen LogP contribution in [0.15, 0.2) is 41.5 Å². The van der Waals surface area contributed by atoms with Gasteiger partial charge >= 0.3 is 0 Å². The van der Waals surface area contributed by atoms with Crippen molar-refractivity contribution in [3.05, 3.63) is 52.5 Å². The van der Waals surface area contributed by atoms with Gasteiger partial charge in [-0.2, -0.15) is 5.10 Å². The average Bonchev–Trinajstić information content (AvgIpc) is 2.48. The first-order chi connectivity index (χ1) is 10.1. The summed E-state index contributed by atoms with van der Waals surface area (Å²) in [6.07, 6.45) is 1.67. The van der Waals surface area contributed by atoms with Gasteiger partial charge in [0.05, 0.1) is 31.1 Å². The summed E-state index contributed by atoms with van der Waals surface area (Å²) >= 11 is 6.14. The number of hydrogen-bond donors (Lipinski definition) is 1. The van der Waals surface area contributed by atoms with Gasteiger partial charge < -0.3 is 9.47 Å². The minimum Gasteiger partial charge on any atom is -0.493 e. The lowest BCUT2D eigenvalue weighted by Crippen LogP contribution is -1.95. The molecule has 0 fully saturated rings. The third kappa shape index (κ3) is 3.89. The Balaban J connectivity index is 2.13. The zero-order chi connectivity index (χ0) is 15.2. The summed E-state index contributed by atoms with van der Waals surface area (Å²) < 4.78 is 10.4. The van der Waals surface area contributed by atoms with Gasteiger partial charge in [-0.1, -0.05) is 29.3 Å². The molecule has 5 heteroatoms. The van der Waals surface area contributed by atoms with E-state index in [1.165, 1.54) is 5.56 Å². The van der Waals surface area contributed by atoms with Gasteiger partial charge in [0.2, 0.25) is 0 Å². The lowest BCUT2D eigenvalue weighted by atomic mass is 10.2. The van der Waals surface area contributed by atoms with Crippen LogP contribution in [0.25, 0.3) is 0 Å². The SMILES string of the molecule is COc1cc(/C=N\Nc2ccc(C)cc2)cc(Cl)c1OC. The number of aryl methyl sites for hydroxylation is 1. The molecule has 4 nitrogen and oxygen atoms in total. The molecule has 21 heavy (non-hydrogen) atoms. The summed E-state index contributed by atoms with van der Waals surface area (Å²) in [5, 5.41) is 4.66. The molecule has 1 N–H and O–H groups in total. The van der Waals surface area contributed by atoms with Gasteiger partial charge in [-0.3, -0.25) is 5.43 Å². The Morgan fingerprint density at radius 1 is 1.10 bits per heavy atom. The molecule has 0 unspecified atom stereocenters. The van der Waals surface area contributed by atoms with E-state index in [9.17, 15) is 0 Å². The van der Waals surface area contributed by atoms with Gasteiger partial charge in [0.15, 0.2) is 11.5 Å². The number of hydrazone groups is 1. The van der Waals surface area contributed by atoms with E-state index in [0.29, 0.717) is 16.5 Å². The Morgan fingerprint density at radius 2 is 1.81 bits per heavy atom. The highest BCUT2D eigenvalue weighted by atomic mass is 35.5. The standard InChI is InChI=1S/C16H17ClN2O2/c1-11-4-6-13(7-5-11)19-18-10-12-8-14(17)16(21-3)15(9-12)20-2/h4-10,19H,1-3H3/b18-10-. The van der Waals surface area contributed by atoms with Crippen LogP contribution in [0.4, 0.5) is 5.69 Å². The highest BCUT2D eigenvalue weighted by Crippen LogP contribution is 2.35. The summed E-state index contributed by atoms with van der Waals surface area (Å²) in [6.45, 7) is 2.04. The number of rotatable bonds is 5. The van der Waals surface area contributed by atoms with Crippen molar-refractivity contribution in [2.75, 3.05) is 19.6 Å². The first-order valence-electron chi connectivity index (χ1n) is 6.41. The van der Waals surface area contributed by atoms with Crippen molar-refractivity contribution < 1.29 is 9.47 Å². The van der Waals surface area contributed by atoms with Gasteiger partial charge in [0.25, 0.3) is 0 Å². The second kappa shape index (κ2) is 6.99. The van der Waals surface area contributed by atoms with Gasteiger partial charge in [-0.05, 0) is 36.8 Å². The highest BCUT2D eigenvalue weighted by molar-refractivity contribution is 6.32. The summed E-state index contributed by atoms with van der Waals surface area (Å²) in [6, 6.07) is 11.5. The first-order valence-corrected chi connectivity index (χ1v) is 6.79.